The first-order valence-corrected chi connectivity index (χ1v) is 9.52. The van der Waals surface area contributed by atoms with Crippen LogP contribution in [0.25, 0.3) is 10.9 Å². The van der Waals surface area contributed by atoms with Crippen LogP contribution in [-0.2, 0) is 25.7 Å². The lowest BCUT2D eigenvalue weighted by Gasteiger charge is -2.15. The summed E-state index contributed by atoms with van der Waals surface area (Å²) in [5, 5.41) is 0.773. The number of ether oxygens (including phenoxy) is 1. The smallest absolute Gasteiger partial charge is 0.307 e. The second kappa shape index (κ2) is 8.34. The number of rotatable bonds is 6. The van der Waals surface area contributed by atoms with E-state index in [1.54, 1.807) is 24.3 Å². The molecule has 0 radical (unpaired) electrons. The summed E-state index contributed by atoms with van der Waals surface area (Å²) in [7, 11) is 1.28. The summed E-state index contributed by atoms with van der Waals surface area (Å²) >= 11 is 1.09. The van der Waals surface area contributed by atoms with Gasteiger partial charge in [-0.15, -0.1) is 0 Å². The Hall–Kier alpha value is -2.68. The van der Waals surface area contributed by atoms with E-state index in [9.17, 15) is 19.2 Å². The quantitative estimate of drug-likeness (QED) is 0.416. The van der Waals surface area contributed by atoms with Crippen LogP contribution in [0.1, 0.15) is 19.3 Å². The van der Waals surface area contributed by atoms with Crippen molar-refractivity contribution in [3.63, 3.8) is 0 Å². The van der Waals surface area contributed by atoms with Crippen molar-refractivity contribution >= 4 is 40.4 Å². The predicted octanol–water partition coefficient (Wildman–Crippen LogP) is 1.20. The zero-order valence-electron chi connectivity index (χ0n) is 14.8. The SMILES string of the molecule is COC(=O)CCn1c(SCC(=O)N2CCCC2=O)nc2ccccc2c1=O. The summed E-state index contributed by atoms with van der Waals surface area (Å²) in [4.78, 5) is 54.0. The number of carbonyl (C=O) groups is 3. The lowest BCUT2D eigenvalue weighted by molar-refractivity contribution is -0.141. The van der Waals surface area contributed by atoms with Crippen LogP contribution >= 0.6 is 11.8 Å². The van der Waals surface area contributed by atoms with Gasteiger partial charge in [0.05, 0.1) is 30.2 Å². The second-order valence-electron chi connectivity index (χ2n) is 6.03. The number of benzene rings is 1. The zero-order valence-corrected chi connectivity index (χ0v) is 15.7. The van der Waals surface area contributed by atoms with E-state index < -0.39 is 5.97 Å². The molecule has 0 unspecified atom stereocenters. The maximum Gasteiger partial charge on any atom is 0.307 e. The number of amides is 2. The molecule has 0 spiro atoms. The summed E-state index contributed by atoms with van der Waals surface area (Å²) in [6, 6.07) is 6.90. The van der Waals surface area contributed by atoms with Gasteiger partial charge in [-0.25, -0.2) is 4.98 Å². The summed E-state index contributed by atoms with van der Waals surface area (Å²) in [6.07, 6.45) is 1.07. The lowest BCUT2D eigenvalue weighted by atomic mass is 10.2. The van der Waals surface area contributed by atoms with E-state index in [2.05, 4.69) is 9.72 Å². The van der Waals surface area contributed by atoms with Crippen molar-refractivity contribution in [2.75, 3.05) is 19.4 Å². The number of thioether (sulfide) groups is 1. The molecule has 1 aromatic carbocycles. The standard InChI is InChI=1S/C18H19N3O5S/c1-26-16(24)8-10-21-17(25)12-5-2-3-6-13(12)19-18(21)27-11-15(23)20-9-4-7-14(20)22/h2-3,5-6H,4,7-11H2,1H3. The van der Waals surface area contributed by atoms with E-state index in [0.29, 0.717) is 35.4 Å². The third-order valence-electron chi connectivity index (χ3n) is 4.29. The Kier molecular flexibility index (Phi) is 5.90. The summed E-state index contributed by atoms with van der Waals surface area (Å²) < 4.78 is 6.01. The van der Waals surface area contributed by atoms with Crippen molar-refractivity contribution in [2.24, 2.45) is 0 Å². The van der Waals surface area contributed by atoms with Crippen molar-refractivity contribution in [1.29, 1.82) is 0 Å². The fraction of sp³-hybridized carbons (Fsp3) is 0.389. The summed E-state index contributed by atoms with van der Waals surface area (Å²) in [5.74, 6) is -0.918. The molecular weight excluding hydrogens is 370 g/mol. The number of imide groups is 1. The average molecular weight is 389 g/mol. The molecule has 1 saturated heterocycles. The molecule has 0 N–H and O–H groups in total. The van der Waals surface area contributed by atoms with E-state index in [1.165, 1.54) is 16.6 Å². The van der Waals surface area contributed by atoms with Gasteiger partial charge in [-0.3, -0.25) is 28.6 Å². The average Bonchev–Trinajstić information content (AvgIpc) is 3.11. The van der Waals surface area contributed by atoms with Gasteiger partial charge in [-0.2, -0.15) is 0 Å². The molecule has 27 heavy (non-hydrogen) atoms. The number of esters is 1. The van der Waals surface area contributed by atoms with Gasteiger partial charge in [0.15, 0.2) is 5.16 Å². The molecule has 1 aliphatic rings. The topological polar surface area (TPSA) is 98.6 Å². The van der Waals surface area contributed by atoms with Crippen molar-refractivity contribution < 1.29 is 19.1 Å². The Morgan fingerprint density at radius 2 is 2.04 bits per heavy atom. The van der Waals surface area contributed by atoms with Gasteiger partial charge in [-0.1, -0.05) is 23.9 Å². The third kappa shape index (κ3) is 4.19. The minimum Gasteiger partial charge on any atom is -0.469 e. The predicted molar refractivity (Wildman–Crippen MR) is 99.3 cm³/mol. The number of aromatic nitrogens is 2. The maximum absolute atomic E-state index is 12.8. The Morgan fingerprint density at radius 3 is 2.74 bits per heavy atom. The van der Waals surface area contributed by atoms with Gasteiger partial charge in [0.2, 0.25) is 11.8 Å². The van der Waals surface area contributed by atoms with Gasteiger partial charge in [0, 0.05) is 19.5 Å². The second-order valence-corrected chi connectivity index (χ2v) is 6.97. The largest absolute Gasteiger partial charge is 0.469 e. The van der Waals surface area contributed by atoms with Crippen LogP contribution in [0, 0.1) is 0 Å². The zero-order chi connectivity index (χ0) is 19.4. The number of nitrogens with zero attached hydrogens (tertiary/aromatic N) is 3. The number of fused-ring (bicyclic) bond motifs is 1. The molecule has 142 valence electrons. The van der Waals surface area contributed by atoms with E-state index in [1.807, 2.05) is 0 Å². The molecule has 8 nitrogen and oxygen atoms in total. The molecule has 1 fully saturated rings. The number of methoxy groups -OCH3 is 1. The van der Waals surface area contributed by atoms with Gasteiger partial charge in [0.25, 0.3) is 5.56 Å². The maximum atomic E-state index is 12.8. The van der Waals surface area contributed by atoms with Crippen molar-refractivity contribution in [2.45, 2.75) is 31.0 Å². The fourth-order valence-corrected chi connectivity index (χ4v) is 3.78. The normalized spacial score (nSPS) is 14.0. The highest BCUT2D eigenvalue weighted by molar-refractivity contribution is 7.99. The molecule has 1 aromatic heterocycles. The number of hydrogen-bond donors (Lipinski definition) is 0. The van der Waals surface area contributed by atoms with Crippen molar-refractivity contribution in [3.05, 3.63) is 34.6 Å². The van der Waals surface area contributed by atoms with Gasteiger partial charge >= 0.3 is 5.97 Å². The molecule has 2 heterocycles. The highest BCUT2D eigenvalue weighted by Gasteiger charge is 2.26. The number of hydrogen-bond acceptors (Lipinski definition) is 7. The highest BCUT2D eigenvalue weighted by Crippen LogP contribution is 2.20. The molecule has 2 aromatic rings. The number of likely N-dealkylation sites (tertiary alicyclic amines) is 1. The molecule has 0 bridgehead atoms. The van der Waals surface area contributed by atoms with Crippen LogP contribution < -0.4 is 5.56 Å². The van der Waals surface area contributed by atoms with Gasteiger partial charge in [0.1, 0.15) is 0 Å². The van der Waals surface area contributed by atoms with Gasteiger partial charge in [-0.05, 0) is 18.6 Å². The third-order valence-corrected chi connectivity index (χ3v) is 5.25. The molecule has 1 aliphatic heterocycles. The van der Waals surface area contributed by atoms with E-state index in [0.717, 1.165) is 11.8 Å². The molecule has 9 heteroatoms. The first kappa shape index (κ1) is 19.1. The van der Waals surface area contributed by atoms with Crippen LogP contribution in [-0.4, -0.2) is 51.6 Å². The molecule has 3 rings (SSSR count). The first-order valence-electron chi connectivity index (χ1n) is 8.53. The van der Waals surface area contributed by atoms with Crippen LogP contribution in [0.4, 0.5) is 0 Å². The highest BCUT2D eigenvalue weighted by atomic mass is 32.2. The van der Waals surface area contributed by atoms with Crippen LogP contribution in [0.2, 0.25) is 0 Å². The monoisotopic (exact) mass is 389 g/mol. The Bertz CT molecular complexity index is 956. The number of carbonyl (C=O) groups excluding carboxylic acids is 3. The Balaban J connectivity index is 1.87. The summed E-state index contributed by atoms with van der Waals surface area (Å²) in [5.41, 5.74) is 0.237. The molecular formula is C18H19N3O5S. The lowest BCUT2D eigenvalue weighted by Crippen LogP contribution is -2.33. The van der Waals surface area contributed by atoms with Crippen molar-refractivity contribution in [3.8, 4) is 0 Å². The molecule has 2 amide bonds. The van der Waals surface area contributed by atoms with Crippen molar-refractivity contribution in [1.82, 2.24) is 14.5 Å². The molecule has 0 atom stereocenters. The Labute approximate surface area is 159 Å². The van der Waals surface area contributed by atoms with E-state index in [4.69, 9.17) is 0 Å². The van der Waals surface area contributed by atoms with Crippen LogP contribution in [0.5, 0.6) is 0 Å². The minimum absolute atomic E-state index is 0.00521. The Morgan fingerprint density at radius 1 is 1.26 bits per heavy atom. The molecule has 0 saturated carbocycles. The fourth-order valence-electron chi connectivity index (χ4n) is 2.88. The van der Waals surface area contributed by atoms with E-state index >= 15 is 0 Å². The van der Waals surface area contributed by atoms with Crippen LogP contribution in [0.15, 0.2) is 34.2 Å². The summed E-state index contributed by atoms with van der Waals surface area (Å²) in [6.45, 7) is 0.529. The number of para-hydroxylation sites is 1. The first-order chi connectivity index (χ1) is 13.0. The minimum atomic E-state index is -0.440. The van der Waals surface area contributed by atoms with Crippen LogP contribution in [0.3, 0.4) is 0 Å². The van der Waals surface area contributed by atoms with E-state index in [-0.39, 0.29) is 36.1 Å². The van der Waals surface area contributed by atoms with Gasteiger partial charge < -0.3 is 4.74 Å². The molecule has 0 aliphatic carbocycles.